The maximum absolute atomic E-state index is 12.6. The van der Waals surface area contributed by atoms with E-state index in [-0.39, 0.29) is 22.9 Å². The average molecular weight is 380 g/mol. The number of amides is 1. The second-order valence-electron chi connectivity index (χ2n) is 6.82. The van der Waals surface area contributed by atoms with Gasteiger partial charge in [0.25, 0.3) is 5.91 Å². The number of nitrogens with one attached hydrogen (secondary N) is 1. The van der Waals surface area contributed by atoms with E-state index in [2.05, 4.69) is 21.2 Å². The van der Waals surface area contributed by atoms with E-state index in [9.17, 15) is 9.59 Å². The van der Waals surface area contributed by atoms with Gasteiger partial charge in [-0.25, -0.2) is 4.79 Å². The first-order valence-corrected chi connectivity index (χ1v) is 8.77. The highest BCUT2D eigenvalue weighted by Gasteiger charge is 2.66. The number of carboxylic acids is 1. The topological polar surface area (TPSA) is 75.6 Å². The molecule has 23 heavy (non-hydrogen) atoms. The number of carbonyl (C=O) groups excluding carboxylic acids is 1. The summed E-state index contributed by atoms with van der Waals surface area (Å²) in [6.07, 6.45) is 4.71. The fraction of sp³-hybridized carbons (Fsp3) is 0.529. The molecule has 3 atom stereocenters. The molecule has 1 heterocycles. The van der Waals surface area contributed by atoms with Crippen molar-refractivity contribution in [2.75, 3.05) is 6.61 Å². The Hall–Kier alpha value is -1.40. The first kappa shape index (κ1) is 15.1. The molecule has 1 aromatic carbocycles. The SMILES string of the molecule is O=C(O)c1cc(Br)cc(C(=O)NC2C3CCOC3C23CCC3)c1. The van der Waals surface area contributed by atoms with Crippen LogP contribution in [-0.2, 0) is 4.74 Å². The molecule has 4 rings (SSSR count). The summed E-state index contributed by atoms with van der Waals surface area (Å²) in [6, 6.07) is 4.74. The van der Waals surface area contributed by atoms with Gasteiger partial charge in [-0.2, -0.15) is 0 Å². The lowest BCUT2D eigenvalue weighted by molar-refractivity contribution is -0.172. The molecule has 5 nitrogen and oxygen atoms in total. The van der Waals surface area contributed by atoms with Crippen molar-refractivity contribution in [3.05, 3.63) is 33.8 Å². The van der Waals surface area contributed by atoms with Crippen LogP contribution in [0.15, 0.2) is 22.7 Å². The van der Waals surface area contributed by atoms with Crippen LogP contribution in [0.1, 0.15) is 46.4 Å². The van der Waals surface area contributed by atoms with Gasteiger partial charge in [0.05, 0.1) is 11.7 Å². The van der Waals surface area contributed by atoms with E-state index in [0.29, 0.717) is 22.1 Å². The third kappa shape index (κ3) is 2.22. The number of halogens is 1. The van der Waals surface area contributed by atoms with Crippen molar-refractivity contribution < 1.29 is 19.4 Å². The summed E-state index contributed by atoms with van der Waals surface area (Å²) in [5.74, 6) is -0.829. The number of benzene rings is 1. The van der Waals surface area contributed by atoms with Gasteiger partial charge in [0.1, 0.15) is 0 Å². The fourth-order valence-corrected chi connectivity index (χ4v) is 5.02. The first-order valence-electron chi connectivity index (χ1n) is 7.98. The minimum absolute atomic E-state index is 0.110. The van der Waals surface area contributed by atoms with Crippen molar-refractivity contribution >= 4 is 27.8 Å². The zero-order valence-electron chi connectivity index (χ0n) is 12.5. The van der Waals surface area contributed by atoms with Gasteiger partial charge in [0, 0.05) is 34.0 Å². The zero-order valence-corrected chi connectivity index (χ0v) is 14.1. The number of ether oxygens (including phenoxy) is 1. The van der Waals surface area contributed by atoms with Gasteiger partial charge in [-0.05, 0) is 37.5 Å². The van der Waals surface area contributed by atoms with E-state index in [1.54, 1.807) is 6.07 Å². The van der Waals surface area contributed by atoms with E-state index >= 15 is 0 Å². The Labute approximate surface area is 142 Å². The molecule has 122 valence electrons. The Bertz CT molecular complexity index is 685. The first-order chi connectivity index (χ1) is 11.0. The highest BCUT2D eigenvalue weighted by Crippen LogP contribution is 2.62. The Morgan fingerprint density at radius 2 is 2.00 bits per heavy atom. The van der Waals surface area contributed by atoms with Gasteiger partial charge in [-0.3, -0.25) is 4.79 Å². The summed E-state index contributed by atoms with van der Waals surface area (Å²) in [5, 5.41) is 12.3. The van der Waals surface area contributed by atoms with Crippen LogP contribution in [-0.4, -0.2) is 35.7 Å². The molecule has 2 aliphatic carbocycles. The van der Waals surface area contributed by atoms with Gasteiger partial charge in [-0.15, -0.1) is 0 Å². The summed E-state index contributed by atoms with van der Waals surface area (Å²) in [5.41, 5.74) is 0.616. The molecule has 1 amide bonds. The number of hydrogen-bond acceptors (Lipinski definition) is 3. The number of rotatable bonds is 3. The molecule has 1 aromatic rings. The number of aromatic carboxylic acids is 1. The van der Waals surface area contributed by atoms with Gasteiger partial charge < -0.3 is 15.2 Å². The fourth-order valence-electron chi connectivity index (χ4n) is 4.52. The van der Waals surface area contributed by atoms with Crippen molar-refractivity contribution in [2.24, 2.45) is 11.3 Å². The molecule has 3 unspecified atom stereocenters. The van der Waals surface area contributed by atoms with Gasteiger partial charge >= 0.3 is 5.97 Å². The molecule has 0 radical (unpaired) electrons. The second-order valence-corrected chi connectivity index (χ2v) is 7.73. The molecule has 0 bridgehead atoms. The maximum Gasteiger partial charge on any atom is 0.335 e. The minimum atomic E-state index is -1.04. The van der Waals surface area contributed by atoms with Crippen LogP contribution in [0.5, 0.6) is 0 Å². The van der Waals surface area contributed by atoms with Crippen LogP contribution in [0.25, 0.3) is 0 Å². The summed E-state index contributed by atoms with van der Waals surface area (Å²) in [7, 11) is 0. The molecular weight excluding hydrogens is 362 g/mol. The standard InChI is InChI=1S/C17H18BrNO4/c18-11-7-9(6-10(8-11)16(21)22)15(20)19-13-12-2-5-23-14(12)17(13)3-1-4-17/h6-8,12-14H,1-5H2,(H,19,20)(H,21,22). The van der Waals surface area contributed by atoms with Crippen LogP contribution >= 0.6 is 15.9 Å². The molecule has 3 fully saturated rings. The smallest absolute Gasteiger partial charge is 0.335 e. The number of hydrogen-bond donors (Lipinski definition) is 2. The number of fused-ring (bicyclic) bond motifs is 2. The normalized spacial score (nSPS) is 30.2. The van der Waals surface area contributed by atoms with Gasteiger partial charge in [0.15, 0.2) is 0 Å². The number of carbonyl (C=O) groups is 2. The largest absolute Gasteiger partial charge is 0.478 e. The molecule has 2 N–H and O–H groups in total. The lowest BCUT2D eigenvalue weighted by atomic mass is 9.46. The predicted molar refractivity (Wildman–Crippen MR) is 86.5 cm³/mol. The second kappa shape index (κ2) is 5.31. The van der Waals surface area contributed by atoms with E-state index in [1.165, 1.54) is 18.6 Å². The highest BCUT2D eigenvalue weighted by molar-refractivity contribution is 9.10. The molecule has 3 aliphatic rings. The summed E-state index contributed by atoms with van der Waals surface area (Å²) in [4.78, 5) is 23.8. The van der Waals surface area contributed by atoms with Crippen molar-refractivity contribution in [1.29, 1.82) is 0 Å². The lowest BCUT2D eigenvalue weighted by Gasteiger charge is -2.63. The zero-order chi connectivity index (χ0) is 16.2. The Kier molecular flexibility index (Phi) is 3.50. The van der Waals surface area contributed by atoms with Crippen LogP contribution in [0.3, 0.4) is 0 Å². The summed E-state index contributed by atoms with van der Waals surface area (Å²) >= 11 is 3.28. The number of carboxylic acid groups (broad SMARTS) is 1. The molecule has 1 spiro atoms. The van der Waals surface area contributed by atoms with E-state index < -0.39 is 5.97 Å². The third-order valence-corrected chi connectivity index (χ3v) is 6.19. The van der Waals surface area contributed by atoms with Crippen LogP contribution in [0, 0.1) is 11.3 Å². The van der Waals surface area contributed by atoms with E-state index in [0.717, 1.165) is 25.9 Å². The molecule has 1 aliphatic heterocycles. The van der Waals surface area contributed by atoms with Crippen molar-refractivity contribution in [2.45, 2.75) is 37.8 Å². The van der Waals surface area contributed by atoms with Gasteiger partial charge in [-0.1, -0.05) is 22.4 Å². The Balaban J connectivity index is 1.55. The van der Waals surface area contributed by atoms with Gasteiger partial charge in [0.2, 0.25) is 0 Å². The van der Waals surface area contributed by atoms with Crippen LogP contribution in [0.4, 0.5) is 0 Å². The quantitative estimate of drug-likeness (QED) is 0.846. The highest BCUT2D eigenvalue weighted by atomic mass is 79.9. The van der Waals surface area contributed by atoms with Crippen molar-refractivity contribution in [1.82, 2.24) is 5.32 Å². The summed E-state index contributed by atoms with van der Waals surface area (Å²) in [6.45, 7) is 0.781. The Morgan fingerprint density at radius 3 is 2.65 bits per heavy atom. The monoisotopic (exact) mass is 379 g/mol. The van der Waals surface area contributed by atoms with Crippen LogP contribution < -0.4 is 5.32 Å². The molecule has 0 aromatic heterocycles. The molecule has 2 saturated carbocycles. The van der Waals surface area contributed by atoms with Crippen molar-refractivity contribution in [3.8, 4) is 0 Å². The minimum Gasteiger partial charge on any atom is -0.478 e. The maximum atomic E-state index is 12.6. The molecular formula is C17H18BrNO4. The predicted octanol–water partition coefficient (Wildman–Crippen LogP) is 2.83. The molecule has 6 heteroatoms. The lowest BCUT2D eigenvalue weighted by Crippen LogP contribution is -2.71. The molecule has 1 saturated heterocycles. The van der Waals surface area contributed by atoms with Crippen LogP contribution in [0.2, 0.25) is 0 Å². The van der Waals surface area contributed by atoms with E-state index in [1.807, 2.05) is 0 Å². The Morgan fingerprint density at radius 1 is 1.26 bits per heavy atom. The summed E-state index contributed by atoms with van der Waals surface area (Å²) < 4.78 is 6.45. The third-order valence-electron chi connectivity index (χ3n) is 5.73. The van der Waals surface area contributed by atoms with E-state index in [4.69, 9.17) is 9.84 Å². The van der Waals surface area contributed by atoms with Crippen molar-refractivity contribution in [3.63, 3.8) is 0 Å². The average Bonchev–Trinajstić information content (AvgIpc) is 2.87.